The number of halogens is 1. The van der Waals surface area contributed by atoms with Gasteiger partial charge in [0.25, 0.3) is 0 Å². The fourth-order valence-corrected chi connectivity index (χ4v) is 2.18. The molecule has 2 rings (SSSR count). The van der Waals surface area contributed by atoms with Crippen molar-refractivity contribution in [1.82, 2.24) is 0 Å². The molecule has 0 heterocycles. The maximum atomic E-state index is 12.2. The van der Waals surface area contributed by atoms with E-state index >= 15 is 0 Å². The molecule has 0 bridgehead atoms. The van der Waals surface area contributed by atoms with E-state index in [1.165, 1.54) is 0 Å². The zero-order chi connectivity index (χ0) is 12.3. The van der Waals surface area contributed by atoms with E-state index in [4.69, 9.17) is 4.74 Å². The van der Waals surface area contributed by atoms with Crippen molar-refractivity contribution >= 4 is 28.4 Å². The smallest absolute Gasteiger partial charge is 0.194 e. The predicted octanol–water partition coefficient (Wildman–Crippen LogP) is 3.53. The summed E-state index contributed by atoms with van der Waals surface area (Å²) in [4.78, 5) is 12.2. The zero-order valence-electron chi connectivity index (χ0n) is 9.31. The highest BCUT2D eigenvalue weighted by molar-refractivity contribution is 14.1. The van der Waals surface area contributed by atoms with Crippen LogP contribution in [0.1, 0.15) is 15.9 Å². The average molecular weight is 338 g/mol. The predicted molar refractivity (Wildman–Crippen MR) is 75.6 cm³/mol. The van der Waals surface area contributed by atoms with Gasteiger partial charge in [0, 0.05) is 14.7 Å². The normalized spacial score (nSPS) is 10.0. The lowest BCUT2D eigenvalue weighted by Crippen LogP contribution is -2.03. The number of ether oxygens (including phenoxy) is 1. The molecule has 0 fully saturated rings. The van der Waals surface area contributed by atoms with Gasteiger partial charge in [-0.05, 0) is 59.0 Å². The van der Waals surface area contributed by atoms with Crippen LogP contribution < -0.4 is 4.74 Å². The molecular formula is C14H11IO2. The van der Waals surface area contributed by atoms with Crippen molar-refractivity contribution in [2.45, 2.75) is 0 Å². The second kappa shape index (κ2) is 5.31. The molecule has 0 amide bonds. The first-order valence-electron chi connectivity index (χ1n) is 5.15. The summed E-state index contributed by atoms with van der Waals surface area (Å²) in [6.07, 6.45) is 0. The molecule has 0 radical (unpaired) electrons. The van der Waals surface area contributed by atoms with Crippen LogP contribution in [0, 0.1) is 3.57 Å². The zero-order valence-corrected chi connectivity index (χ0v) is 11.5. The molecule has 2 aromatic rings. The maximum Gasteiger partial charge on any atom is 0.194 e. The quantitative estimate of drug-likeness (QED) is 0.632. The van der Waals surface area contributed by atoms with Gasteiger partial charge in [0.05, 0.1) is 7.11 Å². The lowest BCUT2D eigenvalue weighted by Gasteiger charge is -2.04. The fourth-order valence-electron chi connectivity index (χ4n) is 1.54. The van der Waals surface area contributed by atoms with E-state index < -0.39 is 0 Å². The summed E-state index contributed by atoms with van der Waals surface area (Å²) in [6, 6.07) is 14.7. The molecule has 0 saturated heterocycles. The Morgan fingerprint density at radius 2 is 1.71 bits per heavy atom. The van der Waals surface area contributed by atoms with Crippen molar-refractivity contribution in [3.05, 3.63) is 63.2 Å². The average Bonchev–Trinajstić information content (AvgIpc) is 2.39. The van der Waals surface area contributed by atoms with Crippen molar-refractivity contribution in [3.63, 3.8) is 0 Å². The van der Waals surface area contributed by atoms with Crippen molar-refractivity contribution in [3.8, 4) is 5.75 Å². The van der Waals surface area contributed by atoms with Crippen molar-refractivity contribution < 1.29 is 9.53 Å². The van der Waals surface area contributed by atoms with E-state index in [1.54, 1.807) is 31.4 Å². The van der Waals surface area contributed by atoms with Gasteiger partial charge in [0.2, 0.25) is 0 Å². The van der Waals surface area contributed by atoms with Gasteiger partial charge in [-0.1, -0.05) is 12.1 Å². The molecule has 0 aliphatic rings. The number of carbonyl (C=O) groups is 1. The van der Waals surface area contributed by atoms with Crippen LogP contribution in [0.2, 0.25) is 0 Å². The van der Waals surface area contributed by atoms with Crippen molar-refractivity contribution in [2.24, 2.45) is 0 Å². The van der Waals surface area contributed by atoms with Gasteiger partial charge in [-0.25, -0.2) is 0 Å². The Morgan fingerprint density at radius 1 is 1.06 bits per heavy atom. The number of carbonyl (C=O) groups excluding carboxylic acids is 1. The first-order chi connectivity index (χ1) is 8.22. The van der Waals surface area contributed by atoms with E-state index in [0.717, 1.165) is 14.9 Å². The van der Waals surface area contributed by atoms with Crippen LogP contribution in [0.25, 0.3) is 0 Å². The number of methoxy groups -OCH3 is 1. The van der Waals surface area contributed by atoms with Gasteiger partial charge in [-0.15, -0.1) is 0 Å². The SMILES string of the molecule is COc1ccc(C(=O)c2ccccc2I)cc1. The molecular weight excluding hydrogens is 327 g/mol. The molecule has 86 valence electrons. The molecule has 0 N–H and O–H groups in total. The number of rotatable bonds is 3. The second-order valence-corrected chi connectivity index (χ2v) is 4.70. The molecule has 0 aliphatic carbocycles. The van der Waals surface area contributed by atoms with Gasteiger partial charge in [-0.3, -0.25) is 4.79 Å². The van der Waals surface area contributed by atoms with Crippen LogP contribution in [0.15, 0.2) is 48.5 Å². The van der Waals surface area contributed by atoms with Crippen LogP contribution in [-0.2, 0) is 0 Å². The van der Waals surface area contributed by atoms with Crippen LogP contribution in [-0.4, -0.2) is 12.9 Å². The van der Waals surface area contributed by atoms with E-state index in [2.05, 4.69) is 22.6 Å². The Kier molecular flexibility index (Phi) is 3.78. The molecule has 0 saturated carbocycles. The number of benzene rings is 2. The van der Waals surface area contributed by atoms with Gasteiger partial charge in [0.1, 0.15) is 5.75 Å². The molecule has 0 aromatic heterocycles. The third-order valence-corrected chi connectivity index (χ3v) is 3.41. The summed E-state index contributed by atoms with van der Waals surface area (Å²) in [5, 5.41) is 0. The molecule has 2 nitrogen and oxygen atoms in total. The highest BCUT2D eigenvalue weighted by Crippen LogP contribution is 2.18. The minimum Gasteiger partial charge on any atom is -0.497 e. The minimum absolute atomic E-state index is 0.0395. The topological polar surface area (TPSA) is 26.3 Å². The van der Waals surface area contributed by atoms with Crippen molar-refractivity contribution in [1.29, 1.82) is 0 Å². The lowest BCUT2D eigenvalue weighted by molar-refractivity contribution is 0.103. The monoisotopic (exact) mass is 338 g/mol. The summed E-state index contributed by atoms with van der Waals surface area (Å²) < 4.78 is 6.03. The van der Waals surface area contributed by atoms with E-state index in [-0.39, 0.29) is 5.78 Å². The second-order valence-electron chi connectivity index (χ2n) is 3.54. The van der Waals surface area contributed by atoms with E-state index in [1.807, 2.05) is 24.3 Å². The summed E-state index contributed by atoms with van der Waals surface area (Å²) in [7, 11) is 1.61. The molecule has 0 atom stereocenters. The molecule has 3 heteroatoms. The van der Waals surface area contributed by atoms with Crippen LogP contribution in [0.5, 0.6) is 5.75 Å². The van der Waals surface area contributed by atoms with Gasteiger partial charge < -0.3 is 4.74 Å². The Labute approximate surface area is 114 Å². The Balaban J connectivity index is 2.34. The molecule has 0 unspecified atom stereocenters. The van der Waals surface area contributed by atoms with E-state index in [0.29, 0.717) is 5.56 Å². The molecule has 17 heavy (non-hydrogen) atoms. The maximum absolute atomic E-state index is 12.2. The third kappa shape index (κ3) is 2.66. The molecule has 0 spiro atoms. The van der Waals surface area contributed by atoms with E-state index in [9.17, 15) is 4.79 Å². The Hall–Kier alpha value is -1.36. The molecule has 2 aromatic carbocycles. The number of ketones is 1. The summed E-state index contributed by atoms with van der Waals surface area (Å²) >= 11 is 2.17. The van der Waals surface area contributed by atoms with Crippen LogP contribution in [0.4, 0.5) is 0 Å². The van der Waals surface area contributed by atoms with Gasteiger partial charge in [-0.2, -0.15) is 0 Å². The third-order valence-electron chi connectivity index (χ3n) is 2.47. The first-order valence-corrected chi connectivity index (χ1v) is 6.23. The molecule has 0 aliphatic heterocycles. The first kappa shape index (κ1) is 12.1. The highest BCUT2D eigenvalue weighted by atomic mass is 127. The van der Waals surface area contributed by atoms with Crippen molar-refractivity contribution in [2.75, 3.05) is 7.11 Å². The summed E-state index contributed by atoms with van der Waals surface area (Å²) in [6.45, 7) is 0. The number of hydrogen-bond acceptors (Lipinski definition) is 2. The standard InChI is InChI=1S/C14H11IO2/c1-17-11-8-6-10(7-9-11)14(16)12-4-2-3-5-13(12)15/h2-9H,1H3. The van der Waals surface area contributed by atoms with Crippen LogP contribution in [0.3, 0.4) is 0 Å². The lowest BCUT2D eigenvalue weighted by atomic mass is 10.0. The van der Waals surface area contributed by atoms with Gasteiger partial charge >= 0.3 is 0 Å². The largest absolute Gasteiger partial charge is 0.497 e. The van der Waals surface area contributed by atoms with Crippen LogP contribution >= 0.6 is 22.6 Å². The Morgan fingerprint density at radius 3 is 2.29 bits per heavy atom. The Bertz CT molecular complexity index is 532. The number of hydrogen-bond donors (Lipinski definition) is 0. The van der Waals surface area contributed by atoms with Gasteiger partial charge in [0.15, 0.2) is 5.78 Å². The minimum atomic E-state index is 0.0395. The summed E-state index contributed by atoms with van der Waals surface area (Å²) in [5.74, 6) is 0.793. The summed E-state index contributed by atoms with van der Waals surface area (Å²) in [5.41, 5.74) is 1.41. The fraction of sp³-hybridized carbons (Fsp3) is 0.0714. The highest BCUT2D eigenvalue weighted by Gasteiger charge is 2.11.